The fourth-order valence-electron chi connectivity index (χ4n) is 1.24. The highest BCUT2D eigenvalue weighted by molar-refractivity contribution is 5.93. The molecule has 0 radical (unpaired) electrons. The van der Waals surface area contributed by atoms with Crippen molar-refractivity contribution in [3.05, 3.63) is 27.9 Å². The highest BCUT2D eigenvalue weighted by Gasteiger charge is 2.17. The van der Waals surface area contributed by atoms with Crippen LogP contribution in [-0.4, -0.2) is 40.7 Å². The number of carboxylic acids is 1. The zero-order valence-corrected chi connectivity index (χ0v) is 9.75. The third-order valence-corrected chi connectivity index (χ3v) is 2.06. The Labute approximate surface area is 103 Å². The number of nitrogens with one attached hydrogen (secondary N) is 1. The predicted octanol–water partition coefficient (Wildman–Crippen LogP) is 1.14. The number of hydrogen-bond donors (Lipinski definition) is 2. The van der Waals surface area contributed by atoms with E-state index in [2.05, 4.69) is 10.3 Å². The number of nitro groups is 1. The van der Waals surface area contributed by atoms with Gasteiger partial charge in [0.1, 0.15) is 17.6 Å². The molecule has 8 heteroatoms. The fourth-order valence-corrected chi connectivity index (χ4v) is 1.24. The van der Waals surface area contributed by atoms with Crippen LogP contribution >= 0.6 is 0 Å². The van der Waals surface area contributed by atoms with Gasteiger partial charge in [-0.25, -0.2) is 9.78 Å². The minimum absolute atomic E-state index is 0.0906. The van der Waals surface area contributed by atoms with E-state index in [-0.39, 0.29) is 17.1 Å². The van der Waals surface area contributed by atoms with Crippen molar-refractivity contribution in [2.24, 2.45) is 0 Å². The zero-order valence-electron chi connectivity index (χ0n) is 9.75. The van der Waals surface area contributed by atoms with Crippen LogP contribution in [0.25, 0.3) is 0 Å². The van der Waals surface area contributed by atoms with Crippen molar-refractivity contribution in [3.8, 4) is 0 Å². The largest absolute Gasteiger partial charge is 0.478 e. The summed E-state index contributed by atoms with van der Waals surface area (Å²) in [5.74, 6) is -1.18. The first kappa shape index (κ1) is 13.8. The molecule has 0 bridgehead atoms. The Balaban J connectivity index is 2.83. The van der Waals surface area contributed by atoms with Gasteiger partial charge in [0.25, 0.3) is 5.69 Å². The van der Waals surface area contributed by atoms with E-state index < -0.39 is 10.9 Å². The molecule has 0 aliphatic rings. The first-order valence-electron chi connectivity index (χ1n) is 5.25. The lowest BCUT2D eigenvalue weighted by Gasteiger charge is -2.08. The number of carboxylic acid groups (broad SMARTS) is 1. The van der Waals surface area contributed by atoms with Gasteiger partial charge in [0.2, 0.25) is 0 Å². The molecular formula is C10H13N3O5. The fraction of sp³-hybridized carbons (Fsp3) is 0.400. The van der Waals surface area contributed by atoms with Gasteiger partial charge < -0.3 is 15.2 Å². The minimum atomic E-state index is -1.27. The molecule has 0 atom stereocenters. The van der Waals surface area contributed by atoms with E-state index in [0.29, 0.717) is 19.8 Å². The van der Waals surface area contributed by atoms with Crippen LogP contribution in [-0.2, 0) is 4.74 Å². The Morgan fingerprint density at radius 2 is 2.39 bits per heavy atom. The van der Waals surface area contributed by atoms with Gasteiger partial charge in [-0.15, -0.1) is 0 Å². The number of pyridine rings is 1. The molecule has 0 aromatic carbocycles. The first-order valence-corrected chi connectivity index (χ1v) is 5.25. The molecule has 98 valence electrons. The molecule has 0 saturated carbocycles. The maximum absolute atomic E-state index is 11.0. The van der Waals surface area contributed by atoms with Gasteiger partial charge in [-0.1, -0.05) is 0 Å². The van der Waals surface area contributed by atoms with Gasteiger partial charge in [-0.05, 0) is 6.92 Å². The van der Waals surface area contributed by atoms with E-state index in [0.717, 1.165) is 12.3 Å². The Hall–Kier alpha value is -2.22. The predicted molar refractivity (Wildman–Crippen MR) is 62.8 cm³/mol. The number of anilines is 1. The van der Waals surface area contributed by atoms with Crippen molar-refractivity contribution in [1.29, 1.82) is 0 Å². The number of carbonyl (C=O) groups is 1. The summed E-state index contributed by atoms with van der Waals surface area (Å²) in [7, 11) is 0. The summed E-state index contributed by atoms with van der Waals surface area (Å²) in [6.45, 7) is 3.17. The number of ether oxygens (including phenoxy) is 1. The number of hydrogen-bond acceptors (Lipinski definition) is 6. The molecule has 0 aliphatic carbocycles. The molecular weight excluding hydrogens is 242 g/mol. The second-order valence-corrected chi connectivity index (χ2v) is 3.28. The molecule has 0 amide bonds. The van der Waals surface area contributed by atoms with Gasteiger partial charge >= 0.3 is 5.97 Å². The van der Waals surface area contributed by atoms with E-state index in [1.165, 1.54) is 0 Å². The van der Waals surface area contributed by atoms with Crippen LogP contribution in [0.1, 0.15) is 17.3 Å². The van der Waals surface area contributed by atoms with E-state index in [1.807, 2.05) is 6.92 Å². The van der Waals surface area contributed by atoms with E-state index in [1.54, 1.807) is 0 Å². The van der Waals surface area contributed by atoms with Gasteiger partial charge in [0.15, 0.2) is 0 Å². The highest BCUT2D eigenvalue weighted by atomic mass is 16.6. The molecule has 0 fully saturated rings. The van der Waals surface area contributed by atoms with Crippen molar-refractivity contribution in [2.45, 2.75) is 6.92 Å². The van der Waals surface area contributed by atoms with Crippen molar-refractivity contribution in [1.82, 2.24) is 4.98 Å². The zero-order chi connectivity index (χ0) is 13.5. The number of aromatic carboxylic acids is 1. The monoisotopic (exact) mass is 255 g/mol. The lowest BCUT2D eigenvalue weighted by molar-refractivity contribution is -0.385. The molecule has 1 rings (SSSR count). The number of aromatic nitrogens is 1. The maximum Gasteiger partial charge on any atom is 0.339 e. The molecule has 1 heterocycles. The Kier molecular flexibility index (Phi) is 5.00. The molecule has 0 aliphatic heterocycles. The van der Waals surface area contributed by atoms with Crippen LogP contribution in [0.4, 0.5) is 11.5 Å². The van der Waals surface area contributed by atoms with Gasteiger partial charge in [0, 0.05) is 19.2 Å². The first-order chi connectivity index (χ1) is 8.56. The van der Waals surface area contributed by atoms with Gasteiger partial charge in [-0.3, -0.25) is 10.1 Å². The maximum atomic E-state index is 11.0. The van der Waals surface area contributed by atoms with Crippen LogP contribution < -0.4 is 5.32 Å². The minimum Gasteiger partial charge on any atom is -0.478 e. The Morgan fingerprint density at radius 3 is 2.94 bits per heavy atom. The lowest BCUT2D eigenvalue weighted by atomic mass is 10.2. The van der Waals surface area contributed by atoms with Crippen molar-refractivity contribution in [2.75, 3.05) is 25.1 Å². The molecule has 1 aromatic heterocycles. The van der Waals surface area contributed by atoms with Crippen molar-refractivity contribution < 1.29 is 19.6 Å². The standard InChI is InChI=1S/C10H13N3O5/c1-2-18-4-3-11-9-8(10(14)15)5-7(6-12-9)13(16)17/h5-6H,2-4H2,1H3,(H,11,12)(H,14,15). The molecule has 0 spiro atoms. The van der Waals surface area contributed by atoms with Gasteiger partial charge in [0.05, 0.1) is 11.5 Å². The van der Waals surface area contributed by atoms with Crippen molar-refractivity contribution >= 4 is 17.5 Å². The quantitative estimate of drug-likeness (QED) is 0.426. The van der Waals surface area contributed by atoms with E-state index >= 15 is 0 Å². The topological polar surface area (TPSA) is 115 Å². The van der Waals surface area contributed by atoms with Crippen LogP contribution in [0.15, 0.2) is 12.3 Å². The van der Waals surface area contributed by atoms with Gasteiger partial charge in [-0.2, -0.15) is 0 Å². The Morgan fingerprint density at radius 1 is 1.67 bits per heavy atom. The van der Waals surface area contributed by atoms with E-state index in [4.69, 9.17) is 9.84 Å². The summed E-state index contributed by atoms with van der Waals surface area (Å²) in [4.78, 5) is 24.5. The molecule has 18 heavy (non-hydrogen) atoms. The van der Waals surface area contributed by atoms with Crippen LogP contribution in [0.3, 0.4) is 0 Å². The summed E-state index contributed by atoms with van der Waals surface area (Å²) < 4.78 is 5.07. The summed E-state index contributed by atoms with van der Waals surface area (Å²) in [5, 5.41) is 22.2. The van der Waals surface area contributed by atoms with E-state index in [9.17, 15) is 14.9 Å². The highest BCUT2D eigenvalue weighted by Crippen LogP contribution is 2.18. The third kappa shape index (κ3) is 3.67. The van der Waals surface area contributed by atoms with Crippen LogP contribution in [0.5, 0.6) is 0 Å². The molecule has 2 N–H and O–H groups in total. The van der Waals surface area contributed by atoms with Crippen LogP contribution in [0.2, 0.25) is 0 Å². The summed E-state index contributed by atoms with van der Waals surface area (Å²) in [6, 6.07) is 0.971. The smallest absolute Gasteiger partial charge is 0.339 e. The summed E-state index contributed by atoms with van der Waals surface area (Å²) in [5.41, 5.74) is -0.594. The number of nitrogens with zero attached hydrogens (tertiary/aromatic N) is 2. The summed E-state index contributed by atoms with van der Waals surface area (Å²) in [6.07, 6.45) is 1.01. The molecule has 0 unspecified atom stereocenters. The van der Waals surface area contributed by atoms with Crippen LogP contribution in [0, 0.1) is 10.1 Å². The normalized spacial score (nSPS) is 10.1. The SMILES string of the molecule is CCOCCNc1ncc([N+](=O)[O-])cc1C(=O)O. The average molecular weight is 255 g/mol. The van der Waals surface area contributed by atoms with Crippen molar-refractivity contribution in [3.63, 3.8) is 0 Å². The molecule has 8 nitrogen and oxygen atoms in total. The lowest BCUT2D eigenvalue weighted by Crippen LogP contribution is -2.14. The Bertz CT molecular complexity index is 449. The average Bonchev–Trinajstić information content (AvgIpc) is 2.34. The molecule has 1 aromatic rings. The second kappa shape index (κ2) is 6.50. The number of rotatable bonds is 7. The summed E-state index contributed by atoms with van der Waals surface area (Å²) >= 11 is 0. The molecule has 0 saturated heterocycles. The second-order valence-electron chi connectivity index (χ2n) is 3.28. The third-order valence-electron chi connectivity index (χ3n) is 2.06.